The van der Waals surface area contributed by atoms with Crippen LogP contribution >= 0.6 is 0 Å². The van der Waals surface area contributed by atoms with Gasteiger partial charge in [-0.05, 0) is 18.6 Å². The maximum absolute atomic E-state index is 13.5. The molecule has 1 unspecified atom stereocenters. The summed E-state index contributed by atoms with van der Waals surface area (Å²) in [4.78, 5) is 10.0. The quantitative estimate of drug-likeness (QED) is 0.903. The van der Waals surface area contributed by atoms with Gasteiger partial charge in [-0.1, -0.05) is 6.07 Å². The van der Waals surface area contributed by atoms with Gasteiger partial charge < -0.3 is 5.11 Å². The van der Waals surface area contributed by atoms with Gasteiger partial charge in [0.15, 0.2) is 11.6 Å². The number of nitrogens with zero attached hydrogens (tertiary/aromatic N) is 1. The van der Waals surface area contributed by atoms with E-state index in [4.69, 9.17) is 5.11 Å². The standard InChI is InChI=1S/C11H11F2NO4S/c12-8-2-1-3-9(10(8)13)19(17,18)14-5-4-7(6-14)11(15)16/h1-3,7H,4-6H2,(H,15,16). The second-order valence-electron chi connectivity index (χ2n) is 4.24. The van der Waals surface area contributed by atoms with Gasteiger partial charge in [0.2, 0.25) is 10.0 Å². The Balaban J connectivity index is 2.34. The molecule has 104 valence electrons. The number of rotatable bonds is 3. The van der Waals surface area contributed by atoms with E-state index >= 15 is 0 Å². The second-order valence-corrected chi connectivity index (χ2v) is 6.15. The van der Waals surface area contributed by atoms with Crippen molar-refractivity contribution in [2.24, 2.45) is 5.92 Å². The van der Waals surface area contributed by atoms with Crippen molar-refractivity contribution >= 4 is 16.0 Å². The van der Waals surface area contributed by atoms with Crippen LogP contribution in [-0.4, -0.2) is 36.9 Å². The third-order valence-electron chi connectivity index (χ3n) is 3.03. The fourth-order valence-electron chi connectivity index (χ4n) is 1.97. The Morgan fingerprint density at radius 3 is 2.63 bits per heavy atom. The average molecular weight is 291 g/mol. The van der Waals surface area contributed by atoms with Gasteiger partial charge in [-0.25, -0.2) is 17.2 Å². The van der Waals surface area contributed by atoms with E-state index in [1.165, 1.54) is 0 Å². The molecule has 0 saturated carbocycles. The van der Waals surface area contributed by atoms with Crippen LogP contribution in [0.25, 0.3) is 0 Å². The summed E-state index contributed by atoms with van der Waals surface area (Å²) >= 11 is 0. The molecular weight excluding hydrogens is 280 g/mol. The Labute approximate surface area is 108 Å². The van der Waals surface area contributed by atoms with Gasteiger partial charge in [0, 0.05) is 13.1 Å². The van der Waals surface area contributed by atoms with Gasteiger partial charge in [-0.2, -0.15) is 4.31 Å². The van der Waals surface area contributed by atoms with Gasteiger partial charge in [-0.3, -0.25) is 4.79 Å². The van der Waals surface area contributed by atoms with Crippen molar-refractivity contribution in [3.05, 3.63) is 29.8 Å². The van der Waals surface area contributed by atoms with Crippen molar-refractivity contribution in [2.45, 2.75) is 11.3 Å². The van der Waals surface area contributed by atoms with E-state index in [1.807, 2.05) is 0 Å². The smallest absolute Gasteiger partial charge is 0.307 e. The van der Waals surface area contributed by atoms with Crippen LogP contribution in [0.15, 0.2) is 23.1 Å². The van der Waals surface area contributed by atoms with Crippen LogP contribution in [0.5, 0.6) is 0 Å². The summed E-state index contributed by atoms with van der Waals surface area (Å²) in [5.74, 6) is -4.61. The minimum atomic E-state index is -4.20. The first-order valence-corrected chi connectivity index (χ1v) is 6.95. The first-order valence-electron chi connectivity index (χ1n) is 5.51. The van der Waals surface area contributed by atoms with Crippen LogP contribution in [0, 0.1) is 17.6 Å². The molecular formula is C11H11F2NO4S. The molecule has 1 heterocycles. The minimum absolute atomic E-state index is 0.0186. The Bertz CT molecular complexity index is 617. The number of carbonyl (C=O) groups is 1. The number of hydrogen-bond donors (Lipinski definition) is 1. The fraction of sp³-hybridized carbons (Fsp3) is 0.364. The highest BCUT2D eigenvalue weighted by molar-refractivity contribution is 7.89. The molecule has 5 nitrogen and oxygen atoms in total. The van der Waals surface area contributed by atoms with E-state index in [9.17, 15) is 22.0 Å². The lowest BCUT2D eigenvalue weighted by Crippen LogP contribution is -2.30. The summed E-state index contributed by atoms with van der Waals surface area (Å²) in [6.45, 7) is -0.247. The molecule has 1 aliphatic rings. The lowest BCUT2D eigenvalue weighted by atomic mass is 10.1. The highest BCUT2D eigenvalue weighted by atomic mass is 32.2. The molecule has 1 saturated heterocycles. The molecule has 0 radical (unpaired) electrons. The van der Waals surface area contributed by atoms with E-state index < -0.39 is 38.4 Å². The molecule has 2 rings (SSSR count). The zero-order valence-electron chi connectivity index (χ0n) is 9.71. The minimum Gasteiger partial charge on any atom is -0.481 e. The molecule has 1 fully saturated rings. The normalized spacial score (nSPS) is 20.6. The summed E-state index contributed by atoms with van der Waals surface area (Å²) in [7, 11) is -4.20. The lowest BCUT2D eigenvalue weighted by Gasteiger charge is -2.16. The Hall–Kier alpha value is -1.54. The Kier molecular flexibility index (Phi) is 3.55. The first-order chi connectivity index (χ1) is 8.84. The van der Waals surface area contributed by atoms with Crippen LogP contribution in [0.2, 0.25) is 0 Å². The highest BCUT2D eigenvalue weighted by Crippen LogP contribution is 2.26. The molecule has 1 aromatic rings. The number of halogens is 2. The zero-order chi connectivity index (χ0) is 14.2. The molecule has 0 spiro atoms. The third kappa shape index (κ3) is 2.45. The molecule has 1 aliphatic heterocycles. The second kappa shape index (κ2) is 4.86. The number of carboxylic acid groups (broad SMARTS) is 1. The molecule has 0 bridgehead atoms. The van der Waals surface area contributed by atoms with Crippen LogP contribution in [0.3, 0.4) is 0 Å². The maximum Gasteiger partial charge on any atom is 0.307 e. The van der Waals surface area contributed by atoms with E-state index in [-0.39, 0.29) is 19.5 Å². The molecule has 8 heteroatoms. The van der Waals surface area contributed by atoms with Gasteiger partial charge in [0.05, 0.1) is 5.92 Å². The highest BCUT2D eigenvalue weighted by Gasteiger charge is 2.37. The van der Waals surface area contributed by atoms with E-state index in [1.54, 1.807) is 0 Å². The van der Waals surface area contributed by atoms with Crippen molar-refractivity contribution < 1.29 is 27.1 Å². The zero-order valence-corrected chi connectivity index (χ0v) is 10.5. The SMILES string of the molecule is O=C(O)C1CCN(S(=O)(=O)c2cccc(F)c2F)C1. The Morgan fingerprint density at radius 2 is 2.05 bits per heavy atom. The molecule has 0 amide bonds. The largest absolute Gasteiger partial charge is 0.481 e. The van der Waals surface area contributed by atoms with E-state index in [0.717, 1.165) is 22.5 Å². The van der Waals surface area contributed by atoms with Crippen molar-refractivity contribution in [3.8, 4) is 0 Å². The van der Waals surface area contributed by atoms with Gasteiger partial charge in [-0.15, -0.1) is 0 Å². The molecule has 19 heavy (non-hydrogen) atoms. The summed E-state index contributed by atoms with van der Waals surface area (Å²) in [5, 5.41) is 8.81. The van der Waals surface area contributed by atoms with Gasteiger partial charge >= 0.3 is 5.97 Å². The molecule has 1 aromatic carbocycles. The topological polar surface area (TPSA) is 74.7 Å². The summed E-state index contributed by atoms with van der Waals surface area (Å²) < 4.78 is 51.6. The van der Waals surface area contributed by atoms with Gasteiger partial charge in [0.1, 0.15) is 4.90 Å². The van der Waals surface area contributed by atoms with Crippen LogP contribution in [0.1, 0.15) is 6.42 Å². The molecule has 1 atom stereocenters. The summed E-state index contributed by atoms with van der Waals surface area (Å²) in [6.07, 6.45) is 0.158. The van der Waals surface area contributed by atoms with Crippen molar-refractivity contribution in [3.63, 3.8) is 0 Å². The fourth-order valence-corrected chi connectivity index (χ4v) is 3.55. The van der Waals surface area contributed by atoms with Crippen molar-refractivity contribution in [1.82, 2.24) is 4.31 Å². The maximum atomic E-state index is 13.5. The lowest BCUT2D eigenvalue weighted by molar-refractivity contribution is -0.141. The number of sulfonamides is 1. The van der Waals surface area contributed by atoms with E-state index in [2.05, 4.69) is 0 Å². The summed E-state index contributed by atoms with van der Waals surface area (Å²) in [6, 6.07) is 2.87. The Morgan fingerprint density at radius 1 is 1.37 bits per heavy atom. The van der Waals surface area contributed by atoms with Crippen LogP contribution in [0.4, 0.5) is 8.78 Å². The number of benzene rings is 1. The number of aliphatic carboxylic acids is 1. The molecule has 1 N–H and O–H groups in total. The molecule has 0 aromatic heterocycles. The van der Waals surface area contributed by atoms with Gasteiger partial charge in [0.25, 0.3) is 0 Å². The average Bonchev–Trinajstić information content (AvgIpc) is 2.82. The van der Waals surface area contributed by atoms with Crippen molar-refractivity contribution in [2.75, 3.05) is 13.1 Å². The summed E-state index contributed by atoms with van der Waals surface area (Å²) in [5.41, 5.74) is 0. The predicted octanol–water partition coefficient (Wildman–Crippen LogP) is 1.06. The predicted molar refractivity (Wildman–Crippen MR) is 60.9 cm³/mol. The monoisotopic (exact) mass is 291 g/mol. The first kappa shape index (κ1) is 13.9. The van der Waals surface area contributed by atoms with Crippen LogP contribution < -0.4 is 0 Å². The van der Waals surface area contributed by atoms with Crippen LogP contribution in [-0.2, 0) is 14.8 Å². The van der Waals surface area contributed by atoms with E-state index in [0.29, 0.717) is 0 Å². The van der Waals surface area contributed by atoms with Crippen molar-refractivity contribution in [1.29, 1.82) is 0 Å². The number of hydrogen-bond acceptors (Lipinski definition) is 3. The number of carboxylic acids is 1. The molecule has 0 aliphatic carbocycles. The third-order valence-corrected chi connectivity index (χ3v) is 4.92.